The Hall–Kier alpha value is -3.67. The second kappa shape index (κ2) is 8.37. The minimum absolute atomic E-state index is 0.115. The Morgan fingerprint density at radius 1 is 0.967 bits per heavy atom. The normalized spacial score (nSPS) is 10.9. The van der Waals surface area contributed by atoms with Crippen LogP contribution < -0.4 is 5.32 Å². The predicted octanol–water partition coefficient (Wildman–Crippen LogP) is 4.30. The van der Waals surface area contributed by atoms with Crippen LogP contribution >= 0.6 is 0 Å². The summed E-state index contributed by atoms with van der Waals surface area (Å²) in [6.07, 6.45) is 1.98. The second-order valence-electron chi connectivity index (χ2n) is 7.19. The van der Waals surface area contributed by atoms with E-state index in [-0.39, 0.29) is 5.91 Å². The first-order valence-corrected chi connectivity index (χ1v) is 10.1. The third-order valence-corrected chi connectivity index (χ3v) is 5.21. The maximum Gasteiger partial charge on any atom is 0.255 e. The van der Waals surface area contributed by atoms with Crippen molar-refractivity contribution in [2.75, 3.05) is 0 Å². The molecule has 2 aromatic carbocycles. The molecule has 0 saturated heterocycles. The van der Waals surface area contributed by atoms with Gasteiger partial charge in [0.15, 0.2) is 0 Å². The summed E-state index contributed by atoms with van der Waals surface area (Å²) in [6.45, 7) is 6.94. The SMILES string of the molecule is CCn1nc(C)c(C(=O)NCc2cn(-c3ccccc3)nc2-c2ccccc2)c1C. The van der Waals surface area contributed by atoms with Gasteiger partial charge in [0.2, 0.25) is 0 Å². The van der Waals surface area contributed by atoms with Gasteiger partial charge >= 0.3 is 0 Å². The molecule has 0 aliphatic rings. The van der Waals surface area contributed by atoms with Gasteiger partial charge in [-0.05, 0) is 32.9 Å². The van der Waals surface area contributed by atoms with Crippen LogP contribution in [0.3, 0.4) is 0 Å². The van der Waals surface area contributed by atoms with Gasteiger partial charge in [-0.15, -0.1) is 0 Å². The van der Waals surface area contributed by atoms with Crippen molar-refractivity contribution in [1.82, 2.24) is 24.9 Å². The lowest BCUT2D eigenvalue weighted by atomic mass is 10.1. The molecule has 0 bridgehead atoms. The molecule has 152 valence electrons. The molecule has 30 heavy (non-hydrogen) atoms. The molecule has 4 aromatic rings. The molecule has 4 rings (SSSR count). The van der Waals surface area contributed by atoms with Gasteiger partial charge in [-0.1, -0.05) is 48.5 Å². The van der Waals surface area contributed by atoms with E-state index >= 15 is 0 Å². The number of nitrogens with one attached hydrogen (secondary N) is 1. The highest BCUT2D eigenvalue weighted by molar-refractivity contribution is 5.96. The summed E-state index contributed by atoms with van der Waals surface area (Å²) in [5, 5.41) is 12.3. The molecule has 6 nitrogen and oxygen atoms in total. The fourth-order valence-corrected chi connectivity index (χ4v) is 3.69. The fourth-order valence-electron chi connectivity index (χ4n) is 3.69. The van der Waals surface area contributed by atoms with Crippen LogP contribution in [0.15, 0.2) is 66.9 Å². The van der Waals surface area contributed by atoms with Gasteiger partial charge in [-0.2, -0.15) is 10.2 Å². The van der Waals surface area contributed by atoms with E-state index in [1.54, 1.807) is 0 Å². The standard InChI is InChI=1S/C24H25N5O/c1-4-28-18(3)22(17(2)26-28)24(30)25-15-20-16-29(21-13-9-6-10-14-21)27-23(20)19-11-7-5-8-12-19/h5-14,16H,4,15H2,1-3H3,(H,25,30). The van der Waals surface area contributed by atoms with Gasteiger partial charge in [0.05, 0.1) is 22.6 Å². The van der Waals surface area contributed by atoms with Crippen molar-refractivity contribution in [3.63, 3.8) is 0 Å². The van der Waals surface area contributed by atoms with Crippen LogP contribution in [-0.4, -0.2) is 25.5 Å². The van der Waals surface area contributed by atoms with E-state index in [9.17, 15) is 4.79 Å². The Morgan fingerprint density at radius 2 is 1.63 bits per heavy atom. The highest BCUT2D eigenvalue weighted by Crippen LogP contribution is 2.24. The molecule has 1 amide bonds. The van der Waals surface area contributed by atoms with Gasteiger partial charge in [0, 0.05) is 36.1 Å². The van der Waals surface area contributed by atoms with Gasteiger partial charge in [-0.25, -0.2) is 4.68 Å². The maximum atomic E-state index is 12.9. The average molecular weight is 399 g/mol. The van der Waals surface area contributed by atoms with Crippen LogP contribution in [0.1, 0.15) is 34.2 Å². The Labute approximate surface area is 176 Å². The highest BCUT2D eigenvalue weighted by atomic mass is 16.1. The first-order chi connectivity index (χ1) is 14.6. The van der Waals surface area contributed by atoms with Crippen LogP contribution in [0, 0.1) is 13.8 Å². The zero-order valence-corrected chi connectivity index (χ0v) is 17.5. The molecular weight excluding hydrogens is 374 g/mol. The minimum atomic E-state index is -0.115. The molecule has 0 unspecified atom stereocenters. The number of hydrogen-bond donors (Lipinski definition) is 1. The van der Waals surface area contributed by atoms with Crippen molar-refractivity contribution in [2.45, 2.75) is 33.9 Å². The number of aryl methyl sites for hydroxylation is 2. The van der Waals surface area contributed by atoms with Crippen LogP contribution in [0.5, 0.6) is 0 Å². The molecule has 2 heterocycles. The zero-order valence-electron chi connectivity index (χ0n) is 17.5. The average Bonchev–Trinajstić information content (AvgIpc) is 3.33. The van der Waals surface area contributed by atoms with E-state index in [0.29, 0.717) is 12.1 Å². The van der Waals surface area contributed by atoms with Gasteiger partial charge in [-0.3, -0.25) is 9.48 Å². The van der Waals surface area contributed by atoms with Crippen molar-refractivity contribution in [3.05, 3.63) is 89.4 Å². The van der Waals surface area contributed by atoms with E-state index in [1.165, 1.54) is 0 Å². The van der Waals surface area contributed by atoms with E-state index in [2.05, 4.69) is 10.4 Å². The summed E-state index contributed by atoms with van der Waals surface area (Å²) < 4.78 is 3.71. The third kappa shape index (κ3) is 3.76. The van der Waals surface area contributed by atoms with Crippen LogP contribution in [0.2, 0.25) is 0 Å². The number of nitrogens with zero attached hydrogens (tertiary/aromatic N) is 4. The lowest BCUT2D eigenvalue weighted by molar-refractivity contribution is 0.0949. The summed E-state index contributed by atoms with van der Waals surface area (Å²) in [7, 11) is 0. The Bertz CT molecular complexity index is 1160. The topological polar surface area (TPSA) is 64.7 Å². The third-order valence-electron chi connectivity index (χ3n) is 5.21. The quantitative estimate of drug-likeness (QED) is 0.526. The first-order valence-electron chi connectivity index (χ1n) is 10.1. The van der Waals surface area contributed by atoms with Crippen molar-refractivity contribution < 1.29 is 4.79 Å². The molecule has 6 heteroatoms. The smallest absolute Gasteiger partial charge is 0.255 e. The van der Waals surface area contributed by atoms with Gasteiger partial charge in [0.1, 0.15) is 0 Å². The number of carbonyl (C=O) groups is 1. The number of rotatable bonds is 6. The molecule has 0 atom stereocenters. The second-order valence-corrected chi connectivity index (χ2v) is 7.19. The Morgan fingerprint density at radius 3 is 2.27 bits per heavy atom. The summed E-state index contributed by atoms with van der Waals surface area (Å²) in [5.41, 5.74) is 6.08. The highest BCUT2D eigenvalue weighted by Gasteiger charge is 2.19. The number of benzene rings is 2. The number of aromatic nitrogens is 4. The zero-order chi connectivity index (χ0) is 21.1. The number of hydrogen-bond acceptors (Lipinski definition) is 3. The molecule has 1 N–H and O–H groups in total. The van der Waals surface area contributed by atoms with Gasteiger partial charge in [0.25, 0.3) is 5.91 Å². The van der Waals surface area contributed by atoms with E-state index in [0.717, 1.165) is 40.4 Å². The summed E-state index contributed by atoms with van der Waals surface area (Å²) >= 11 is 0. The van der Waals surface area contributed by atoms with E-state index in [1.807, 2.05) is 97.0 Å². The van der Waals surface area contributed by atoms with Crippen LogP contribution in [0.25, 0.3) is 16.9 Å². The van der Waals surface area contributed by atoms with Crippen molar-refractivity contribution in [2.24, 2.45) is 0 Å². The largest absolute Gasteiger partial charge is 0.348 e. The number of carbonyl (C=O) groups excluding carboxylic acids is 1. The minimum Gasteiger partial charge on any atom is -0.348 e. The lowest BCUT2D eigenvalue weighted by Gasteiger charge is -2.06. The summed E-state index contributed by atoms with van der Waals surface area (Å²) in [5.74, 6) is -0.115. The molecule has 0 spiro atoms. The monoisotopic (exact) mass is 399 g/mol. The predicted molar refractivity (Wildman–Crippen MR) is 118 cm³/mol. The Kier molecular flexibility index (Phi) is 5.48. The molecule has 0 saturated carbocycles. The first kappa shape index (κ1) is 19.6. The molecule has 0 radical (unpaired) electrons. The van der Waals surface area contributed by atoms with E-state index in [4.69, 9.17) is 5.10 Å². The number of amides is 1. The summed E-state index contributed by atoms with van der Waals surface area (Å²) in [4.78, 5) is 12.9. The summed E-state index contributed by atoms with van der Waals surface area (Å²) in [6, 6.07) is 20.0. The molecule has 0 aliphatic heterocycles. The van der Waals surface area contributed by atoms with Crippen LogP contribution in [-0.2, 0) is 13.1 Å². The Balaban J connectivity index is 1.64. The number of para-hydroxylation sites is 1. The maximum absolute atomic E-state index is 12.9. The molecule has 0 fully saturated rings. The van der Waals surface area contributed by atoms with Gasteiger partial charge < -0.3 is 5.32 Å². The molecule has 0 aliphatic carbocycles. The molecule has 2 aromatic heterocycles. The fraction of sp³-hybridized carbons (Fsp3) is 0.208. The van der Waals surface area contributed by atoms with Crippen molar-refractivity contribution in [1.29, 1.82) is 0 Å². The van der Waals surface area contributed by atoms with E-state index < -0.39 is 0 Å². The lowest BCUT2D eigenvalue weighted by Crippen LogP contribution is -2.24. The van der Waals surface area contributed by atoms with Crippen molar-refractivity contribution >= 4 is 5.91 Å². The van der Waals surface area contributed by atoms with Crippen LogP contribution in [0.4, 0.5) is 0 Å². The van der Waals surface area contributed by atoms with Crippen molar-refractivity contribution in [3.8, 4) is 16.9 Å². The molecular formula is C24H25N5O.